The van der Waals surface area contributed by atoms with E-state index >= 15 is 0 Å². The molecular formula is C24H27F2N3O. The van der Waals surface area contributed by atoms with E-state index in [1.54, 1.807) is 36.4 Å². The molecule has 3 rings (SSSR count). The number of amides is 1. The van der Waals surface area contributed by atoms with Crippen molar-refractivity contribution in [3.63, 3.8) is 0 Å². The molecule has 0 bridgehead atoms. The van der Waals surface area contributed by atoms with Gasteiger partial charge >= 0.3 is 0 Å². The Bertz CT molecular complexity index is 876. The third-order valence-corrected chi connectivity index (χ3v) is 4.27. The van der Waals surface area contributed by atoms with Gasteiger partial charge in [0, 0.05) is 18.7 Å². The highest BCUT2D eigenvalue weighted by Gasteiger charge is 2.11. The monoisotopic (exact) mass is 411 g/mol. The Morgan fingerprint density at radius 2 is 1.20 bits per heavy atom. The highest BCUT2D eigenvalue weighted by molar-refractivity contribution is 5.97. The molecule has 0 saturated carbocycles. The van der Waals surface area contributed by atoms with Crippen LogP contribution in [-0.2, 0) is 0 Å². The molecule has 0 aromatic heterocycles. The summed E-state index contributed by atoms with van der Waals surface area (Å²) in [6, 6.07) is 17.5. The van der Waals surface area contributed by atoms with E-state index in [0.29, 0.717) is 18.7 Å². The zero-order valence-electron chi connectivity index (χ0n) is 17.0. The van der Waals surface area contributed by atoms with Gasteiger partial charge in [-0.05, 0) is 77.7 Å². The predicted octanol–water partition coefficient (Wildman–Crippen LogP) is 4.34. The summed E-state index contributed by atoms with van der Waals surface area (Å²) >= 11 is 0. The maximum Gasteiger partial charge on any atom is 0.251 e. The third kappa shape index (κ3) is 6.76. The number of hydrogen-bond donors (Lipinski definition) is 3. The lowest BCUT2D eigenvalue weighted by Gasteiger charge is -2.11. The van der Waals surface area contributed by atoms with Crippen molar-refractivity contribution >= 4 is 5.91 Å². The summed E-state index contributed by atoms with van der Waals surface area (Å²) < 4.78 is 26.4. The van der Waals surface area contributed by atoms with E-state index in [2.05, 4.69) is 12.2 Å². The van der Waals surface area contributed by atoms with Crippen LogP contribution in [0.4, 0.5) is 8.78 Å². The van der Waals surface area contributed by atoms with Crippen LogP contribution in [0.1, 0.15) is 23.7 Å². The van der Waals surface area contributed by atoms with Gasteiger partial charge < -0.3 is 16.8 Å². The minimum absolute atomic E-state index is 0.247. The standard InChI is InChI=1S/C21H18F2N2O.C3H9N/c22-19-5-1-14(2-6-19)16-11-17(15-3-7-20(23)8-4-15)13-18(12-16)21(26)25-10-9-24;1-2-3-4/h1-8,11-13H,9-10,24H2,(H,25,26);2-4H2,1H3. The van der Waals surface area contributed by atoms with Gasteiger partial charge in [0.25, 0.3) is 5.91 Å². The van der Waals surface area contributed by atoms with E-state index in [0.717, 1.165) is 35.2 Å². The van der Waals surface area contributed by atoms with Crippen LogP contribution in [0.15, 0.2) is 66.7 Å². The highest BCUT2D eigenvalue weighted by atomic mass is 19.1. The zero-order chi connectivity index (χ0) is 21.9. The van der Waals surface area contributed by atoms with Gasteiger partial charge in [-0.2, -0.15) is 0 Å². The molecule has 30 heavy (non-hydrogen) atoms. The average Bonchev–Trinajstić information content (AvgIpc) is 2.78. The fourth-order valence-corrected chi connectivity index (χ4v) is 2.66. The number of rotatable bonds is 6. The molecule has 0 aliphatic heterocycles. The van der Waals surface area contributed by atoms with Crippen molar-refractivity contribution in [2.75, 3.05) is 19.6 Å². The van der Waals surface area contributed by atoms with E-state index in [4.69, 9.17) is 11.5 Å². The Morgan fingerprint density at radius 3 is 1.57 bits per heavy atom. The van der Waals surface area contributed by atoms with Crippen LogP contribution in [0.3, 0.4) is 0 Å². The smallest absolute Gasteiger partial charge is 0.251 e. The molecule has 0 saturated heterocycles. The summed E-state index contributed by atoms with van der Waals surface area (Å²) in [6.45, 7) is 3.58. The lowest BCUT2D eigenvalue weighted by atomic mass is 9.96. The summed E-state index contributed by atoms with van der Waals surface area (Å²) in [5, 5.41) is 2.74. The van der Waals surface area contributed by atoms with Crippen molar-refractivity contribution in [1.82, 2.24) is 5.32 Å². The van der Waals surface area contributed by atoms with Crippen molar-refractivity contribution in [2.45, 2.75) is 13.3 Å². The topological polar surface area (TPSA) is 81.1 Å². The van der Waals surface area contributed by atoms with Crippen LogP contribution in [0.25, 0.3) is 22.3 Å². The molecule has 6 heteroatoms. The van der Waals surface area contributed by atoms with Crippen LogP contribution in [0.2, 0.25) is 0 Å². The molecule has 0 fully saturated rings. The molecule has 158 valence electrons. The van der Waals surface area contributed by atoms with E-state index in [1.807, 2.05) is 6.07 Å². The molecule has 0 heterocycles. The van der Waals surface area contributed by atoms with Crippen molar-refractivity contribution < 1.29 is 13.6 Å². The summed E-state index contributed by atoms with van der Waals surface area (Å²) in [4.78, 5) is 12.4. The number of nitrogens with two attached hydrogens (primary N) is 2. The largest absolute Gasteiger partial charge is 0.351 e. The molecule has 3 aromatic rings. The van der Waals surface area contributed by atoms with Crippen LogP contribution in [0.5, 0.6) is 0 Å². The van der Waals surface area contributed by atoms with Gasteiger partial charge in [-0.25, -0.2) is 8.78 Å². The van der Waals surface area contributed by atoms with Gasteiger partial charge in [-0.1, -0.05) is 31.2 Å². The molecule has 0 aliphatic carbocycles. The lowest BCUT2D eigenvalue weighted by Crippen LogP contribution is -2.29. The van der Waals surface area contributed by atoms with E-state index in [9.17, 15) is 13.6 Å². The molecular weight excluding hydrogens is 384 g/mol. The Labute approximate surface area is 175 Å². The fraction of sp³-hybridized carbons (Fsp3) is 0.208. The van der Waals surface area contributed by atoms with E-state index < -0.39 is 0 Å². The average molecular weight is 411 g/mol. The molecule has 0 atom stereocenters. The molecule has 4 nitrogen and oxygen atoms in total. The van der Waals surface area contributed by atoms with Crippen molar-refractivity contribution in [3.05, 3.63) is 83.9 Å². The summed E-state index contributed by atoms with van der Waals surface area (Å²) in [5.74, 6) is -0.906. The summed E-state index contributed by atoms with van der Waals surface area (Å²) in [7, 11) is 0. The first-order valence-electron chi connectivity index (χ1n) is 9.83. The van der Waals surface area contributed by atoms with Crippen LogP contribution in [-0.4, -0.2) is 25.5 Å². The number of nitrogens with one attached hydrogen (secondary N) is 1. The summed E-state index contributed by atoms with van der Waals surface area (Å²) in [6.07, 6.45) is 1.10. The molecule has 0 aliphatic rings. The van der Waals surface area contributed by atoms with Crippen molar-refractivity contribution in [3.8, 4) is 22.3 Å². The van der Waals surface area contributed by atoms with E-state index in [-0.39, 0.29) is 17.5 Å². The maximum atomic E-state index is 13.2. The molecule has 3 aromatic carbocycles. The first-order valence-corrected chi connectivity index (χ1v) is 9.83. The minimum atomic E-state index is -0.329. The van der Waals surface area contributed by atoms with Gasteiger partial charge in [-0.3, -0.25) is 4.79 Å². The Kier molecular flexibility index (Phi) is 9.12. The van der Waals surface area contributed by atoms with Crippen LogP contribution in [0, 0.1) is 11.6 Å². The molecule has 0 unspecified atom stereocenters. The normalized spacial score (nSPS) is 10.2. The van der Waals surface area contributed by atoms with Crippen molar-refractivity contribution in [2.24, 2.45) is 11.5 Å². The first-order chi connectivity index (χ1) is 14.5. The minimum Gasteiger partial charge on any atom is -0.351 e. The van der Waals surface area contributed by atoms with Gasteiger partial charge in [-0.15, -0.1) is 0 Å². The van der Waals surface area contributed by atoms with Crippen LogP contribution >= 0.6 is 0 Å². The Morgan fingerprint density at radius 1 is 0.767 bits per heavy atom. The lowest BCUT2D eigenvalue weighted by molar-refractivity contribution is 0.0955. The van der Waals surface area contributed by atoms with E-state index in [1.165, 1.54) is 24.3 Å². The van der Waals surface area contributed by atoms with Crippen LogP contribution < -0.4 is 16.8 Å². The fourth-order valence-electron chi connectivity index (χ4n) is 2.66. The number of carbonyl (C=O) groups is 1. The number of hydrogen-bond acceptors (Lipinski definition) is 3. The highest BCUT2D eigenvalue weighted by Crippen LogP contribution is 2.29. The second-order valence-corrected chi connectivity index (χ2v) is 6.65. The van der Waals surface area contributed by atoms with Crippen molar-refractivity contribution in [1.29, 1.82) is 0 Å². The third-order valence-electron chi connectivity index (χ3n) is 4.27. The molecule has 1 amide bonds. The maximum absolute atomic E-state index is 13.2. The van der Waals surface area contributed by atoms with Gasteiger partial charge in [0.1, 0.15) is 11.6 Å². The number of carbonyl (C=O) groups excluding carboxylic acids is 1. The molecule has 5 N–H and O–H groups in total. The zero-order valence-corrected chi connectivity index (χ0v) is 17.0. The molecule has 0 spiro atoms. The quantitative estimate of drug-likeness (QED) is 0.564. The second-order valence-electron chi connectivity index (χ2n) is 6.65. The molecule has 0 radical (unpaired) electrons. The summed E-state index contributed by atoms with van der Waals surface area (Å²) in [5.41, 5.74) is 14.0. The number of benzene rings is 3. The first kappa shape index (κ1) is 23.2. The van der Waals surface area contributed by atoms with Gasteiger partial charge in [0.2, 0.25) is 0 Å². The Balaban J connectivity index is 0.000000735. The van der Waals surface area contributed by atoms with Gasteiger partial charge in [0.05, 0.1) is 0 Å². The predicted molar refractivity (Wildman–Crippen MR) is 118 cm³/mol. The number of halogens is 2. The van der Waals surface area contributed by atoms with Gasteiger partial charge in [0.15, 0.2) is 0 Å². The SMILES string of the molecule is CCCN.NCCNC(=O)c1cc(-c2ccc(F)cc2)cc(-c2ccc(F)cc2)c1. The Hall–Kier alpha value is -3.09. The second kappa shape index (κ2) is 11.8.